The second kappa shape index (κ2) is 8.10. The van der Waals surface area contributed by atoms with E-state index in [0.29, 0.717) is 30.5 Å². The smallest absolute Gasteiger partial charge is 0.279 e. The summed E-state index contributed by atoms with van der Waals surface area (Å²) in [4.78, 5) is 17.5. The predicted molar refractivity (Wildman–Crippen MR) is 107 cm³/mol. The lowest BCUT2D eigenvalue weighted by Gasteiger charge is -2.30. The number of methoxy groups -OCH3 is 1. The molecule has 28 heavy (non-hydrogen) atoms. The zero-order chi connectivity index (χ0) is 19.3. The third-order valence-electron chi connectivity index (χ3n) is 4.57. The molecule has 0 saturated carbocycles. The van der Waals surface area contributed by atoms with E-state index in [1.165, 1.54) is 0 Å². The molecule has 1 aliphatic heterocycles. The summed E-state index contributed by atoms with van der Waals surface area (Å²) in [5, 5.41) is 11.4. The van der Waals surface area contributed by atoms with Gasteiger partial charge in [-0.1, -0.05) is 12.1 Å². The number of morpholine rings is 1. The quantitative estimate of drug-likeness (QED) is 0.703. The Morgan fingerprint density at radius 2 is 1.82 bits per heavy atom. The summed E-state index contributed by atoms with van der Waals surface area (Å²) < 4.78 is 10.6. The van der Waals surface area contributed by atoms with Gasteiger partial charge < -0.3 is 19.7 Å². The fraction of sp³-hybridized carbons (Fsp3) is 0.250. The van der Waals surface area contributed by atoms with Crippen LogP contribution in [0, 0.1) is 0 Å². The summed E-state index contributed by atoms with van der Waals surface area (Å²) in [5.74, 6) is 1.01. The second-order valence-corrected chi connectivity index (χ2v) is 6.32. The van der Waals surface area contributed by atoms with Crippen LogP contribution in [-0.4, -0.2) is 48.6 Å². The molecule has 1 saturated heterocycles. The monoisotopic (exact) mass is 379 g/mol. The van der Waals surface area contributed by atoms with Crippen molar-refractivity contribution in [1.82, 2.24) is 15.2 Å². The number of rotatable bonds is 5. The Kier molecular flexibility index (Phi) is 5.20. The molecule has 144 valence electrons. The van der Waals surface area contributed by atoms with E-state index in [9.17, 15) is 4.79 Å². The molecule has 1 aliphatic rings. The number of anilines is 3. The lowest BCUT2D eigenvalue weighted by molar-refractivity contribution is 0.123. The maximum atomic E-state index is 12.5. The number of H-pyrrole nitrogens is 1. The van der Waals surface area contributed by atoms with Crippen LogP contribution in [0.25, 0.3) is 11.3 Å². The average Bonchev–Trinajstić information content (AvgIpc) is 2.75. The normalized spacial score (nSPS) is 14.0. The molecule has 1 aromatic heterocycles. The van der Waals surface area contributed by atoms with Crippen molar-refractivity contribution >= 4 is 17.3 Å². The molecule has 0 atom stereocenters. The number of hydrogen-bond donors (Lipinski definition) is 2. The lowest BCUT2D eigenvalue weighted by atomic mass is 10.1. The zero-order valence-corrected chi connectivity index (χ0v) is 15.5. The molecule has 0 radical (unpaired) electrons. The lowest BCUT2D eigenvalue weighted by Crippen LogP contribution is -2.36. The van der Waals surface area contributed by atoms with Crippen molar-refractivity contribution in [3.8, 4) is 17.0 Å². The highest BCUT2D eigenvalue weighted by Crippen LogP contribution is 2.28. The molecule has 0 spiro atoms. The zero-order valence-electron chi connectivity index (χ0n) is 15.5. The van der Waals surface area contributed by atoms with Crippen molar-refractivity contribution < 1.29 is 9.47 Å². The highest BCUT2D eigenvalue weighted by atomic mass is 16.5. The predicted octanol–water partition coefficient (Wildman–Crippen LogP) is 2.42. The van der Waals surface area contributed by atoms with Crippen molar-refractivity contribution in [2.45, 2.75) is 0 Å². The number of hydrogen-bond acceptors (Lipinski definition) is 7. The highest BCUT2D eigenvalue weighted by Gasteiger charge is 2.15. The molecular formula is C20H21N5O3. The van der Waals surface area contributed by atoms with Crippen molar-refractivity contribution in [3.05, 3.63) is 58.9 Å². The first-order chi connectivity index (χ1) is 13.7. The number of nitrogens with one attached hydrogen (secondary N) is 2. The van der Waals surface area contributed by atoms with Crippen LogP contribution in [0.15, 0.2) is 53.3 Å². The van der Waals surface area contributed by atoms with Gasteiger partial charge in [-0.15, -0.1) is 10.2 Å². The molecule has 0 amide bonds. The topological polar surface area (TPSA) is 92.4 Å². The maximum Gasteiger partial charge on any atom is 0.279 e. The summed E-state index contributed by atoms with van der Waals surface area (Å²) in [5.41, 5.74) is 2.51. The average molecular weight is 379 g/mol. The van der Waals surface area contributed by atoms with Crippen LogP contribution in [-0.2, 0) is 4.74 Å². The third-order valence-corrected chi connectivity index (χ3v) is 4.57. The van der Waals surface area contributed by atoms with Crippen LogP contribution in [0.3, 0.4) is 0 Å². The maximum absolute atomic E-state index is 12.5. The van der Waals surface area contributed by atoms with E-state index in [1.807, 2.05) is 24.3 Å². The number of nitrogens with zero attached hydrogens (tertiary/aromatic N) is 3. The Morgan fingerprint density at radius 1 is 1.07 bits per heavy atom. The van der Waals surface area contributed by atoms with Crippen molar-refractivity contribution in [2.75, 3.05) is 43.6 Å². The van der Waals surface area contributed by atoms with Gasteiger partial charge in [0, 0.05) is 18.7 Å². The summed E-state index contributed by atoms with van der Waals surface area (Å²) >= 11 is 0. The van der Waals surface area contributed by atoms with E-state index in [0.717, 1.165) is 24.5 Å². The van der Waals surface area contributed by atoms with Gasteiger partial charge in [0.25, 0.3) is 5.56 Å². The minimum Gasteiger partial charge on any atom is -0.497 e. The first kappa shape index (κ1) is 18.0. The van der Waals surface area contributed by atoms with Gasteiger partial charge >= 0.3 is 0 Å². The van der Waals surface area contributed by atoms with Crippen molar-refractivity contribution in [3.63, 3.8) is 0 Å². The molecule has 2 N–H and O–H groups in total. The van der Waals surface area contributed by atoms with Crippen molar-refractivity contribution in [2.24, 2.45) is 0 Å². The van der Waals surface area contributed by atoms with Crippen LogP contribution in [0.1, 0.15) is 0 Å². The highest BCUT2D eigenvalue weighted by molar-refractivity contribution is 5.73. The van der Waals surface area contributed by atoms with Gasteiger partial charge in [-0.3, -0.25) is 9.78 Å². The van der Waals surface area contributed by atoms with Crippen LogP contribution >= 0.6 is 0 Å². The van der Waals surface area contributed by atoms with Gasteiger partial charge in [-0.25, -0.2) is 0 Å². The molecule has 2 aromatic carbocycles. The van der Waals surface area contributed by atoms with Crippen LogP contribution < -0.4 is 20.5 Å². The van der Waals surface area contributed by atoms with E-state index >= 15 is 0 Å². The van der Waals surface area contributed by atoms with Gasteiger partial charge in [0.05, 0.1) is 31.7 Å². The molecule has 1 fully saturated rings. The number of benzene rings is 2. The number of aromatic nitrogens is 3. The SMILES string of the molecule is COc1ccc(-c2nnc(Nc3ccccc3N3CCOCC3)[nH]c2=O)cc1. The summed E-state index contributed by atoms with van der Waals surface area (Å²) in [6, 6.07) is 15.0. The van der Waals surface area contributed by atoms with Crippen molar-refractivity contribution in [1.29, 1.82) is 0 Å². The Bertz CT molecular complexity index is 997. The van der Waals surface area contributed by atoms with Gasteiger partial charge in [-0.05, 0) is 36.4 Å². The fourth-order valence-electron chi connectivity index (χ4n) is 3.12. The minimum absolute atomic E-state index is 0.259. The molecule has 2 heterocycles. The Hall–Kier alpha value is -3.39. The Morgan fingerprint density at radius 3 is 2.54 bits per heavy atom. The van der Waals surface area contributed by atoms with E-state index in [4.69, 9.17) is 9.47 Å². The van der Waals surface area contributed by atoms with Gasteiger partial charge in [-0.2, -0.15) is 0 Å². The summed E-state index contributed by atoms with van der Waals surface area (Å²) in [6.45, 7) is 3.03. The molecule has 3 aromatic rings. The molecule has 8 heteroatoms. The standard InChI is InChI=1S/C20H21N5O3/c1-27-15-8-6-14(7-9-15)18-19(26)22-20(24-23-18)21-16-4-2-3-5-17(16)25-10-12-28-13-11-25/h2-9H,10-13H2,1H3,(H2,21,22,24,26). The molecule has 0 unspecified atom stereocenters. The molecule has 0 bridgehead atoms. The number of aromatic amines is 1. The Balaban J connectivity index is 1.58. The number of para-hydroxylation sites is 2. The molecule has 8 nitrogen and oxygen atoms in total. The largest absolute Gasteiger partial charge is 0.497 e. The minimum atomic E-state index is -0.313. The van der Waals surface area contributed by atoms with E-state index in [2.05, 4.69) is 25.4 Å². The van der Waals surface area contributed by atoms with E-state index < -0.39 is 0 Å². The van der Waals surface area contributed by atoms with Crippen LogP contribution in [0.4, 0.5) is 17.3 Å². The van der Waals surface area contributed by atoms with Gasteiger partial charge in [0.15, 0.2) is 5.69 Å². The molecule has 4 rings (SSSR count). The van der Waals surface area contributed by atoms with E-state index in [1.54, 1.807) is 31.4 Å². The summed E-state index contributed by atoms with van der Waals surface area (Å²) in [6.07, 6.45) is 0. The first-order valence-electron chi connectivity index (χ1n) is 9.05. The number of ether oxygens (including phenoxy) is 2. The first-order valence-corrected chi connectivity index (χ1v) is 9.05. The molecule has 0 aliphatic carbocycles. The Labute approximate surface area is 162 Å². The van der Waals surface area contributed by atoms with Crippen LogP contribution in [0.5, 0.6) is 5.75 Å². The van der Waals surface area contributed by atoms with Crippen LogP contribution in [0.2, 0.25) is 0 Å². The third kappa shape index (κ3) is 3.81. The van der Waals surface area contributed by atoms with Gasteiger partial charge in [0.1, 0.15) is 5.75 Å². The fourth-order valence-corrected chi connectivity index (χ4v) is 3.12. The van der Waals surface area contributed by atoms with Gasteiger partial charge in [0.2, 0.25) is 5.95 Å². The summed E-state index contributed by atoms with van der Waals surface area (Å²) in [7, 11) is 1.59. The molecular weight excluding hydrogens is 358 g/mol. The van der Waals surface area contributed by atoms with E-state index in [-0.39, 0.29) is 11.3 Å². The second-order valence-electron chi connectivity index (χ2n) is 6.32.